The molecule has 1 fully saturated rings. The predicted molar refractivity (Wildman–Crippen MR) is 81.3 cm³/mol. The summed E-state index contributed by atoms with van der Waals surface area (Å²) in [5, 5.41) is 5.58. The van der Waals surface area contributed by atoms with Crippen LogP contribution in [0.2, 0.25) is 0 Å². The van der Waals surface area contributed by atoms with Crippen LogP contribution in [-0.2, 0) is 9.59 Å². The minimum Gasteiger partial charge on any atom is -0.359 e. The lowest BCUT2D eigenvalue weighted by Gasteiger charge is -2.05. The molecule has 0 aliphatic heterocycles. The van der Waals surface area contributed by atoms with Gasteiger partial charge in [-0.25, -0.2) is 0 Å². The lowest BCUT2D eigenvalue weighted by molar-refractivity contribution is -0.122. The van der Waals surface area contributed by atoms with Gasteiger partial charge < -0.3 is 10.6 Å². The minimum absolute atomic E-state index is 0.0167. The van der Waals surface area contributed by atoms with Crippen molar-refractivity contribution in [1.82, 2.24) is 10.6 Å². The van der Waals surface area contributed by atoms with Gasteiger partial charge in [-0.3, -0.25) is 9.59 Å². The summed E-state index contributed by atoms with van der Waals surface area (Å²) in [6.45, 7) is 0. The Balaban J connectivity index is 1.69. The van der Waals surface area contributed by atoms with Gasteiger partial charge in [0, 0.05) is 36.3 Å². The van der Waals surface area contributed by atoms with E-state index < -0.39 is 0 Å². The number of benzene rings is 1. The van der Waals surface area contributed by atoms with Crippen molar-refractivity contribution in [3.05, 3.63) is 34.3 Å². The molecule has 108 valence electrons. The van der Waals surface area contributed by atoms with E-state index in [2.05, 4.69) is 38.7 Å². The fraction of sp³-hybridized carbons (Fsp3) is 0.467. The SMILES string of the molecule is CNC(=O)CCCC(=O)N[C@@H]1C[C@H]1c1ccc(Br)cc1. The summed E-state index contributed by atoms with van der Waals surface area (Å²) in [5.74, 6) is 0.460. The number of nitrogens with one attached hydrogen (secondary N) is 2. The van der Waals surface area contributed by atoms with Crippen molar-refractivity contribution in [2.75, 3.05) is 7.05 Å². The molecule has 0 radical (unpaired) electrons. The number of hydrogen-bond donors (Lipinski definition) is 2. The summed E-state index contributed by atoms with van der Waals surface area (Å²) in [6.07, 6.45) is 2.42. The highest BCUT2D eigenvalue weighted by Gasteiger charge is 2.39. The van der Waals surface area contributed by atoms with E-state index >= 15 is 0 Å². The van der Waals surface area contributed by atoms with E-state index in [9.17, 15) is 9.59 Å². The maximum absolute atomic E-state index is 11.7. The van der Waals surface area contributed by atoms with Gasteiger partial charge in [0.15, 0.2) is 0 Å². The van der Waals surface area contributed by atoms with E-state index in [4.69, 9.17) is 0 Å². The molecule has 0 spiro atoms. The van der Waals surface area contributed by atoms with Gasteiger partial charge in [0.1, 0.15) is 0 Å². The highest BCUT2D eigenvalue weighted by molar-refractivity contribution is 9.10. The van der Waals surface area contributed by atoms with Crippen LogP contribution >= 0.6 is 15.9 Å². The van der Waals surface area contributed by atoms with E-state index in [-0.39, 0.29) is 17.9 Å². The van der Waals surface area contributed by atoms with E-state index in [0.29, 0.717) is 25.2 Å². The van der Waals surface area contributed by atoms with E-state index in [1.54, 1.807) is 7.05 Å². The Kier molecular flexibility index (Phi) is 5.17. The van der Waals surface area contributed by atoms with Gasteiger partial charge >= 0.3 is 0 Å². The second-order valence-electron chi connectivity index (χ2n) is 5.09. The quantitative estimate of drug-likeness (QED) is 0.836. The summed E-state index contributed by atoms with van der Waals surface area (Å²) in [6, 6.07) is 8.48. The smallest absolute Gasteiger partial charge is 0.220 e. The lowest BCUT2D eigenvalue weighted by atomic mass is 10.1. The Hall–Kier alpha value is -1.36. The monoisotopic (exact) mass is 338 g/mol. The van der Waals surface area contributed by atoms with Crippen LogP contribution in [-0.4, -0.2) is 24.9 Å². The van der Waals surface area contributed by atoms with Crippen LogP contribution in [0, 0.1) is 0 Å². The van der Waals surface area contributed by atoms with Gasteiger partial charge in [-0.05, 0) is 30.5 Å². The number of halogens is 1. The first-order valence-corrected chi connectivity index (χ1v) is 7.65. The van der Waals surface area contributed by atoms with Gasteiger partial charge in [-0.2, -0.15) is 0 Å². The van der Waals surface area contributed by atoms with Crippen LogP contribution in [0.3, 0.4) is 0 Å². The Morgan fingerprint density at radius 2 is 1.85 bits per heavy atom. The fourth-order valence-corrected chi connectivity index (χ4v) is 2.51. The van der Waals surface area contributed by atoms with Crippen LogP contribution in [0.15, 0.2) is 28.7 Å². The topological polar surface area (TPSA) is 58.2 Å². The number of amides is 2. The summed E-state index contributed by atoms with van der Waals surface area (Å²) in [4.78, 5) is 22.8. The molecule has 1 aromatic carbocycles. The molecule has 1 aliphatic carbocycles. The molecule has 0 bridgehead atoms. The van der Waals surface area contributed by atoms with E-state index in [1.807, 2.05) is 12.1 Å². The second kappa shape index (κ2) is 6.88. The lowest BCUT2D eigenvalue weighted by Crippen LogP contribution is -2.26. The van der Waals surface area contributed by atoms with Crippen molar-refractivity contribution in [2.45, 2.75) is 37.6 Å². The first kappa shape index (κ1) is 15.0. The average Bonchev–Trinajstić information content (AvgIpc) is 3.18. The van der Waals surface area contributed by atoms with Gasteiger partial charge in [0.05, 0.1) is 0 Å². The molecule has 2 rings (SSSR count). The Labute approximate surface area is 127 Å². The van der Waals surface area contributed by atoms with Crippen LogP contribution in [0.4, 0.5) is 0 Å². The molecule has 20 heavy (non-hydrogen) atoms. The highest BCUT2D eigenvalue weighted by atomic mass is 79.9. The second-order valence-corrected chi connectivity index (χ2v) is 6.01. The van der Waals surface area contributed by atoms with Crippen molar-refractivity contribution in [3.63, 3.8) is 0 Å². The van der Waals surface area contributed by atoms with Crippen molar-refractivity contribution >= 4 is 27.7 Å². The molecule has 0 heterocycles. The molecule has 5 heteroatoms. The van der Waals surface area contributed by atoms with E-state index in [0.717, 1.165) is 10.9 Å². The molecule has 1 saturated carbocycles. The van der Waals surface area contributed by atoms with Crippen molar-refractivity contribution in [1.29, 1.82) is 0 Å². The first-order chi connectivity index (χ1) is 9.60. The molecular formula is C15H19BrN2O2. The van der Waals surface area contributed by atoms with Gasteiger partial charge in [-0.15, -0.1) is 0 Å². The molecule has 2 N–H and O–H groups in total. The molecule has 4 nitrogen and oxygen atoms in total. The number of carbonyl (C=O) groups is 2. The zero-order chi connectivity index (χ0) is 14.5. The number of carbonyl (C=O) groups excluding carboxylic acids is 2. The summed E-state index contributed by atoms with van der Waals surface area (Å²) in [5.41, 5.74) is 1.27. The van der Waals surface area contributed by atoms with Gasteiger partial charge in [-0.1, -0.05) is 28.1 Å². The molecule has 2 amide bonds. The minimum atomic E-state index is -0.0167. The fourth-order valence-electron chi connectivity index (χ4n) is 2.25. The summed E-state index contributed by atoms with van der Waals surface area (Å²) in [7, 11) is 1.61. The molecule has 0 saturated heterocycles. The van der Waals surface area contributed by atoms with Gasteiger partial charge in [0.2, 0.25) is 11.8 Å². The number of hydrogen-bond acceptors (Lipinski definition) is 2. The average molecular weight is 339 g/mol. The normalized spacial score (nSPS) is 20.3. The third-order valence-corrected chi connectivity index (χ3v) is 4.05. The third kappa shape index (κ3) is 4.34. The Bertz CT molecular complexity index is 487. The molecule has 2 atom stereocenters. The predicted octanol–water partition coefficient (Wildman–Crippen LogP) is 2.34. The Morgan fingerprint density at radius 1 is 1.20 bits per heavy atom. The largest absolute Gasteiger partial charge is 0.359 e. The van der Waals surface area contributed by atoms with E-state index in [1.165, 1.54) is 5.56 Å². The maximum atomic E-state index is 11.7. The first-order valence-electron chi connectivity index (χ1n) is 6.85. The summed E-state index contributed by atoms with van der Waals surface area (Å²) >= 11 is 3.41. The molecule has 0 unspecified atom stereocenters. The zero-order valence-corrected chi connectivity index (χ0v) is 13.1. The van der Waals surface area contributed by atoms with Crippen molar-refractivity contribution in [2.24, 2.45) is 0 Å². The number of rotatable bonds is 6. The van der Waals surface area contributed by atoms with Crippen molar-refractivity contribution < 1.29 is 9.59 Å². The Morgan fingerprint density at radius 3 is 2.50 bits per heavy atom. The molecule has 1 aliphatic rings. The third-order valence-electron chi connectivity index (χ3n) is 3.52. The zero-order valence-electron chi connectivity index (χ0n) is 11.5. The molecule has 0 aromatic heterocycles. The standard InChI is InChI=1S/C15H19BrN2O2/c1-17-14(19)3-2-4-15(20)18-13-9-12(13)10-5-7-11(16)8-6-10/h5-8,12-13H,2-4,9H2,1H3,(H,17,19)(H,18,20)/t12-,13+/m0/s1. The van der Waals surface area contributed by atoms with Crippen LogP contribution in [0.25, 0.3) is 0 Å². The highest BCUT2D eigenvalue weighted by Crippen LogP contribution is 2.41. The summed E-state index contributed by atoms with van der Waals surface area (Å²) < 4.78 is 1.07. The van der Waals surface area contributed by atoms with Crippen LogP contribution in [0.1, 0.15) is 37.2 Å². The maximum Gasteiger partial charge on any atom is 0.220 e. The van der Waals surface area contributed by atoms with Crippen LogP contribution in [0.5, 0.6) is 0 Å². The van der Waals surface area contributed by atoms with Crippen molar-refractivity contribution in [3.8, 4) is 0 Å². The van der Waals surface area contributed by atoms with Gasteiger partial charge in [0.25, 0.3) is 0 Å². The molecular weight excluding hydrogens is 320 g/mol. The van der Waals surface area contributed by atoms with Crippen LogP contribution < -0.4 is 10.6 Å². The molecule has 1 aromatic rings.